The van der Waals surface area contributed by atoms with E-state index in [9.17, 15) is 0 Å². The van der Waals surface area contributed by atoms with Crippen LogP contribution in [0.1, 0.15) is 0 Å². The molecular formula is C8H11N3S. The summed E-state index contributed by atoms with van der Waals surface area (Å²) in [6, 6.07) is 1.91. The lowest BCUT2D eigenvalue weighted by molar-refractivity contribution is 1.04. The minimum Gasteiger partial charge on any atom is -0.366 e. The van der Waals surface area contributed by atoms with Crippen LogP contribution in [0.25, 0.3) is 0 Å². The highest BCUT2D eigenvalue weighted by Gasteiger charge is 1.94. The molecule has 3 nitrogen and oxygen atoms in total. The number of aromatic nitrogens is 2. The third kappa shape index (κ3) is 2.54. The predicted octanol–water partition coefficient (Wildman–Crippen LogP) is 1.80. The Morgan fingerprint density at radius 2 is 2.50 bits per heavy atom. The summed E-state index contributed by atoms with van der Waals surface area (Å²) in [6.07, 6.45) is 5.33. The Labute approximate surface area is 76.3 Å². The van der Waals surface area contributed by atoms with Crippen molar-refractivity contribution in [3.8, 4) is 0 Å². The largest absolute Gasteiger partial charge is 0.366 e. The molecule has 1 N–H and O–H groups in total. The summed E-state index contributed by atoms with van der Waals surface area (Å²) in [6.45, 7) is 4.33. The Balaban J connectivity index is 2.65. The molecule has 64 valence electrons. The van der Waals surface area contributed by atoms with Gasteiger partial charge >= 0.3 is 0 Å². The summed E-state index contributed by atoms with van der Waals surface area (Å²) in [7, 11) is 0. The zero-order chi connectivity index (χ0) is 8.81. The molecular weight excluding hydrogens is 170 g/mol. The molecule has 0 unspecified atom stereocenters. The van der Waals surface area contributed by atoms with Gasteiger partial charge in [0.05, 0.1) is 0 Å². The molecule has 0 saturated carbocycles. The molecule has 0 amide bonds. The summed E-state index contributed by atoms with van der Waals surface area (Å²) in [4.78, 5) is 8.09. The number of anilines is 1. The zero-order valence-electron chi connectivity index (χ0n) is 6.95. The van der Waals surface area contributed by atoms with E-state index < -0.39 is 0 Å². The Bertz CT molecular complexity index is 262. The van der Waals surface area contributed by atoms with Gasteiger partial charge in [-0.05, 0) is 6.26 Å². The van der Waals surface area contributed by atoms with E-state index in [-0.39, 0.29) is 0 Å². The molecule has 0 aliphatic rings. The number of rotatable bonds is 4. The topological polar surface area (TPSA) is 37.8 Å². The molecule has 0 radical (unpaired) electrons. The third-order valence-electron chi connectivity index (χ3n) is 1.28. The first-order valence-electron chi connectivity index (χ1n) is 3.57. The van der Waals surface area contributed by atoms with Gasteiger partial charge in [0.25, 0.3) is 0 Å². The van der Waals surface area contributed by atoms with Gasteiger partial charge in [0.1, 0.15) is 17.2 Å². The van der Waals surface area contributed by atoms with Gasteiger partial charge in [-0.25, -0.2) is 9.97 Å². The van der Waals surface area contributed by atoms with Gasteiger partial charge in [0.15, 0.2) is 0 Å². The van der Waals surface area contributed by atoms with Crippen molar-refractivity contribution in [1.82, 2.24) is 9.97 Å². The third-order valence-corrected chi connectivity index (χ3v) is 1.92. The van der Waals surface area contributed by atoms with Gasteiger partial charge in [-0.1, -0.05) is 6.08 Å². The molecule has 4 heteroatoms. The highest BCUT2D eigenvalue weighted by molar-refractivity contribution is 7.98. The van der Waals surface area contributed by atoms with Gasteiger partial charge in [-0.3, -0.25) is 0 Å². The molecule has 1 rings (SSSR count). The van der Waals surface area contributed by atoms with Crippen molar-refractivity contribution < 1.29 is 0 Å². The van der Waals surface area contributed by atoms with E-state index in [4.69, 9.17) is 0 Å². The molecule has 0 fully saturated rings. The standard InChI is InChI=1S/C8H11N3S/c1-3-4-9-7-5-8(12-2)11-6-10-7/h3,5-6H,1,4H2,2H3,(H,9,10,11). The first-order chi connectivity index (χ1) is 5.86. The SMILES string of the molecule is C=CCNc1cc(SC)ncn1. The molecule has 0 aliphatic carbocycles. The lowest BCUT2D eigenvalue weighted by Gasteiger charge is -2.01. The average molecular weight is 181 g/mol. The highest BCUT2D eigenvalue weighted by Crippen LogP contribution is 2.12. The predicted molar refractivity (Wildman–Crippen MR) is 52.5 cm³/mol. The molecule has 0 aromatic carbocycles. The molecule has 12 heavy (non-hydrogen) atoms. The molecule has 1 aromatic rings. The molecule has 0 spiro atoms. The van der Waals surface area contributed by atoms with E-state index in [1.54, 1.807) is 24.2 Å². The van der Waals surface area contributed by atoms with Crippen molar-refractivity contribution in [2.45, 2.75) is 5.03 Å². The van der Waals surface area contributed by atoms with Crippen molar-refractivity contribution >= 4 is 17.6 Å². The van der Waals surface area contributed by atoms with Crippen LogP contribution >= 0.6 is 11.8 Å². The quantitative estimate of drug-likeness (QED) is 0.436. The monoisotopic (exact) mass is 181 g/mol. The second-order valence-electron chi connectivity index (χ2n) is 2.12. The van der Waals surface area contributed by atoms with E-state index in [2.05, 4.69) is 21.9 Å². The average Bonchev–Trinajstić information content (AvgIpc) is 2.15. The van der Waals surface area contributed by atoms with Crippen LogP contribution in [-0.4, -0.2) is 22.8 Å². The summed E-state index contributed by atoms with van der Waals surface area (Å²) in [5.74, 6) is 0.842. The van der Waals surface area contributed by atoms with Crippen LogP contribution in [0, 0.1) is 0 Å². The van der Waals surface area contributed by atoms with E-state index >= 15 is 0 Å². The highest BCUT2D eigenvalue weighted by atomic mass is 32.2. The number of hydrogen-bond acceptors (Lipinski definition) is 4. The van der Waals surface area contributed by atoms with Crippen LogP contribution in [0.15, 0.2) is 30.1 Å². The summed E-state index contributed by atoms with van der Waals surface area (Å²) >= 11 is 1.60. The van der Waals surface area contributed by atoms with E-state index in [1.807, 2.05) is 12.3 Å². The minimum atomic E-state index is 0.727. The molecule has 0 aliphatic heterocycles. The first-order valence-corrected chi connectivity index (χ1v) is 4.80. The normalized spacial score (nSPS) is 9.42. The molecule has 1 aromatic heterocycles. The Morgan fingerprint density at radius 3 is 3.17 bits per heavy atom. The Hall–Kier alpha value is -1.03. The maximum atomic E-state index is 4.05. The van der Waals surface area contributed by atoms with Crippen LogP contribution in [-0.2, 0) is 0 Å². The maximum Gasteiger partial charge on any atom is 0.130 e. The van der Waals surface area contributed by atoms with Gasteiger partial charge in [-0.15, -0.1) is 18.3 Å². The fraction of sp³-hybridized carbons (Fsp3) is 0.250. The number of nitrogens with one attached hydrogen (secondary N) is 1. The van der Waals surface area contributed by atoms with Crippen LogP contribution in [0.2, 0.25) is 0 Å². The molecule has 1 heterocycles. The zero-order valence-corrected chi connectivity index (χ0v) is 7.77. The lowest BCUT2D eigenvalue weighted by Crippen LogP contribution is -2.00. The molecule has 0 saturated heterocycles. The van der Waals surface area contributed by atoms with Crippen molar-refractivity contribution in [3.05, 3.63) is 25.0 Å². The molecule has 0 bridgehead atoms. The summed E-state index contributed by atoms with van der Waals surface area (Å²) in [5.41, 5.74) is 0. The van der Waals surface area contributed by atoms with Gasteiger partial charge < -0.3 is 5.32 Å². The van der Waals surface area contributed by atoms with Gasteiger partial charge in [-0.2, -0.15) is 0 Å². The van der Waals surface area contributed by atoms with Gasteiger partial charge in [0, 0.05) is 12.6 Å². The van der Waals surface area contributed by atoms with Crippen molar-refractivity contribution in [3.63, 3.8) is 0 Å². The maximum absolute atomic E-state index is 4.05. The molecule has 0 atom stereocenters. The van der Waals surface area contributed by atoms with Crippen LogP contribution in [0.5, 0.6) is 0 Å². The second-order valence-corrected chi connectivity index (χ2v) is 2.94. The van der Waals surface area contributed by atoms with Crippen LogP contribution < -0.4 is 5.32 Å². The van der Waals surface area contributed by atoms with Crippen molar-refractivity contribution in [1.29, 1.82) is 0 Å². The van der Waals surface area contributed by atoms with E-state index in [1.165, 1.54) is 0 Å². The first kappa shape index (κ1) is 9.06. The van der Waals surface area contributed by atoms with E-state index in [0.717, 1.165) is 17.4 Å². The lowest BCUT2D eigenvalue weighted by atomic mass is 10.5. The van der Waals surface area contributed by atoms with Crippen LogP contribution in [0.3, 0.4) is 0 Å². The van der Waals surface area contributed by atoms with Crippen molar-refractivity contribution in [2.75, 3.05) is 18.1 Å². The number of nitrogens with zero attached hydrogens (tertiary/aromatic N) is 2. The number of hydrogen-bond donors (Lipinski definition) is 1. The Kier molecular flexibility index (Phi) is 3.60. The second kappa shape index (κ2) is 4.77. The summed E-state index contributed by atoms with van der Waals surface area (Å²) < 4.78 is 0. The van der Waals surface area contributed by atoms with E-state index in [0.29, 0.717) is 0 Å². The smallest absolute Gasteiger partial charge is 0.130 e. The number of thioether (sulfide) groups is 1. The fourth-order valence-corrected chi connectivity index (χ4v) is 1.11. The minimum absolute atomic E-state index is 0.727. The van der Waals surface area contributed by atoms with Gasteiger partial charge in [0.2, 0.25) is 0 Å². The summed E-state index contributed by atoms with van der Waals surface area (Å²) in [5, 5.41) is 4.06. The van der Waals surface area contributed by atoms with Crippen LogP contribution in [0.4, 0.5) is 5.82 Å². The van der Waals surface area contributed by atoms with Crippen molar-refractivity contribution in [2.24, 2.45) is 0 Å². The Morgan fingerprint density at radius 1 is 1.67 bits per heavy atom. The fourth-order valence-electron chi connectivity index (χ4n) is 0.725.